The number of aryl methyl sites for hydroxylation is 1. The van der Waals surface area contributed by atoms with Crippen LogP contribution < -0.4 is 14.8 Å². The molecule has 0 saturated carbocycles. The van der Waals surface area contributed by atoms with Crippen molar-refractivity contribution in [3.8, 4) is 11.5 Å². The van der Waals surface area contributed by atoms with E-state index in [0.29, 0.717) is 50.0 Å². The van der Waals surface area contributed by atoms with E-state index >= 15 is 0 Å². The SMILES string of the molecule is C=C/C(COC)=C(COc1ccc(OC[C@@H]2CCN(C(=O)OC(C)(C)C)C2)cc1)\C(=C/C)NC(=O)c1cc2sccc2n1CC. The molecule has 4 rings (SSSR count). The van der Waals surface area contributed by atoms with E-state index in [9.17, 15) is 9.59 Å². The van der Waals surface area contributed by atoms with E-state index in [1.807, 2.05) is 87.0 Å². The fourth-order valence-electron chi connectivity index (χ4n) is 5.24. The second-order valence-corrected chi connectivity index (χ2v) is 12.8. The van der Waals surface area contributed by atoms with Crippen LogP contribution in [0.2, 0.25) is 0 Å². The van der Waals surface area contributed by atoms with Crippen LogP contribution in [0.4, 0.5) is 4.79 Å². The lowest BCUT2D eigenvalue weighted by atomic mass is 10.1. The Balaban J connectivity index is 1.38. The number of thiophene rings is 1. The van der Waals surface area contributed by atoms with Gasteiger partial charge in [-0.05, 0) is 88.4 Å². The Morgan fingerprint density at radius 2 is 1.82 bits per heavy atom. The van der Waals surface area contributed by atoms with Gasteiger partial charge in [0.1, 0.15) is 29.4 Å². The van der Waals surface area contributed by atoms with Gasteiger partial charge in [0.05, 0.1) is 23.4 Å². The van der Waals surface area contributed by atoms with Crippen molar-refractivity contribution >= 4 is 33.6 Å². The van der Waals surface area contributed by atoms with Crippen LogP contribution in [-0.2, 0) is 16.0 Å². The monoisotopic (exact) mass is 635 g/mol. The second kappa shape index (κ2) is 15.3. The van der Waals surface area contributed by atoms with Crippen molar-refractivity contribution in [2.75, 3.05) is 40.0 Å². The highest BCUT2D eigenvalue weighted by Crippen LogP contribution is 2.27. The zero-order valence-corrected chi connectivity index (χ0v) is 28.0. The molecule has 45 heavy (non-hydrogen) atoms. The molecule has 0 aliphatic carbocycles. The average molecular weight is 636 g/mol. The summed E-state index contributed by atoms with van der Waals surface area (Å²) in [7, 11) is 1.62. The molecule has 2 aromatic heterocycles. The van der Waals surface area contributed by atoms with Crippen LogP contribution in [0, 0.1) is 5.92 Å². The van der Waals surface area contributed by atoms with Crippen LogP contribution in [0.15, 0.2) is 77.4 Å². The van der Waals surface area contributed by atoms with Crippen LogP contribution in [0.1, 0.15) is 51.5 Å². The molecule has 1 N–H and O–H groups in total. The predicted molar refractivity (Wildman–Crippen MR) is 179 cm³/mol. The van der Waals surface area contributed by atoms with Crippen LogP contribution in [0.25, 0.3) is 10.2 Å². The first-order valence-electron chi connectivity index (χ1n) is 15.3. The Hall–Kier alpha value is -4.02. The molecule has 0 spiro atoms. The zero-order valence-electron chi connectivity index (χ0n) is 27.2. The molecule has 1 fully saturated rings. The molecule has 242 valence electrons. The molecule has 10 heteroatoms. The lowest BCUT2D eigenvalue weighted by Gasteiger charge is -2.24. The molecule has 0 radical (unpaired) electrons. The zero-order chi connectivity index (χ0) is 32.6. The van der Waals surface area contributed by atoms with Gasteiger partial charge in [0.15, 0.2) is 0 Å². The minimum atomic E-state index is -0.510. The number of benzene rings is 1. The van der Waals surface area contributed by atoms with Crippen LogP contribution in [0.3, 0.4) is 0 Å². The van der Waals surface area contributed by atoms with Crippen molar-refractivity contribution in [2.24, 2.45) is 5.92 Å². The second-order valence-electron chi connectivity index (χ2n) is 11.9. The van der Waals surface area contributed by atoms with Gasteiger partial charge in [0.25, 0.3) is 5.91 Å². The fourth-order valence-corrected chi connectivity index (χ4v) is 6.07. The summed E-state index contributed by atoms with van der Waals surface area (Å²) in [5.74, 6) is 1.43. The fraction of sp³-hybridized carbons (Fsp3) is 0.429. The first kappa shape index (κ1) is 33.9. The molecule has 0 unspecified atom stereocenters. The van der Waals surface area contributed by atoms with Crippen LogP contribution in [0.5, 0.6) is 11.5 Å². The Kier molecular flexibility index (Phi) is 11.5. The minimum absolute atomic E-state index is 0.190. The van der Waals surface area contributed by atoms with E-state index in [1.54, 1.807) is 29.4 Å². The Morgan fingerprint density at radius 1 is 1.11 bits per heavy atom. The highest BCUT2D eigenvalue weighted by molar-refractivity contribution is 7.17. The molecule has 1 aliphatic rings. The number of carbonyl (C=O) groups excluding carboxylic acids is 2. The molecular formula is C35H45N3O6S. The molecule has 9 nitrogen and oxygen atoms in total. The van der Waals surface area contributed by atoms with Crippen LogP contribution in [-0.4, -0.2) is 67.1 Å². The quantitative estimate of drug-likeness (QED) is 0.200. The number of fused-ring (bicyclic) bond motifs is 1. The van der Waals surface area contributed by atoms with Gasteiger partial charge in [-0.3, -0.25) is 4.79 Å². The molecule has 1 aliphatic heterocycles. The lowest BCUT2D eigenvalue weighted by molar-refractivity contribution is 0.0284. The van der Waals surface area contributed by atoms with E-state index in [1.165, 1.54) is 0 Å². The van der Waals surface area contributed by atoms with Gasteiger partial charge in [0.2, 0.25) is 0 Å². The molecule has 3 aromatic rings. The number of amides is 2. The number of aromatic nitrogens is 1. The molecule has 1 saturated heterocycles. The highest BCUT2D eigenvalue weighted by Gasteiger charge is 2.30. The summed E-state index contributed by atoms with van der Waals surface area (Å²) in [5, 5.41) is 5.14. The van der Waals surface area contributed by atoms with Crippen molar-refractivity contribution in [2.45, 2.75) is 53.2 Å². The Labute approximate surface area is 270 Å². The smallest absolute Gasteiger partial charge is 0.410 e. The van der Waals surface area contributed by atoms with Crippen molar-refractivity contribution in [3.05, 3.63) is 83.0 Å². The molecule has 2 amide bonds. The molecule has 3 heterocycles. The van der Waals surface area contributed by atoms with Gasteiger partial charge in [-0.25, -0.2) is 4.79 Å². The topological polar surface area (TPSA) is 91.3 Å². The number of nitrogens with one attached hydrogen (secondary N) is 1. The van der Waals surface area contributed by atoms with Crippen molar-refractivity contribution in [3.63, 3.8) is 0 Å². The summed E-state index contributed by atoms with van der Waals surface area (Å²) in [6, 6.07) is 11.4. The summed E-state index contributed by atoms with van der Waals surface area (Å²) >= 11 is 1.62. The molecule has 0 bridgehead atoms. The number of rotatable bonds is 13. The number of hydrogen-bond donors (Lipinski definition) is 1. The lowest BCUT2D eigenvalue weighted by Crippen LogP contribution is -2.35. The third-order valence-corrected chi connectivity index (χ3v) is 8.35. The van der Waals surface area contributed by atoms with Crippen molar-refractivity contribution < 1.29 is 28.5 Å². The van der Waals surface area contributed by atoms with Gasteiger partial charge in [-0.15, -0.1) is 11.3 Å². The third-order valence-electron chi connectivity index (χ3n) is 7.50. The van der Waals surface area contributed by atoms with E-state index in [-0.39, 0.29) is 24.5 Å². The number of carbonyl (C=O) groups is 2. The first-order chi connectivity index (χ1) is 21.6. The van der Waals surface area contributed by atoms with Gasteiger partial charge in [-0.1, -0.05) is 18.7 Å². The highest BCUT2D eigenvalue weighted by atomic mass is 32.1. The number of ether oxygens (including phenoxy) is 4. The minimum Gasteiger partial charge on any atom is -0.493 e. The summed E-state index contributed by atoms with van der Waals surface area (Å²) in [4.78, 5) is 27.6. The Morgan fingerprint density at radius 3 is 2.44 bits per heavy atom. The average Bonchev–Trinajstić information content (AvgIpc) is 3.75. The van der Waals surface area contributed by atoms with Gasteiger partial charge in [-0.2, -0.15) is 0 Å². The van der Waals surface area contributed by atoms with Crippen molar-refractivity contribution in [1.82, 2.24) is 14.8 Å². The molecule has 1 atom stereocenters. The summed E-state index contributed by atoms with van der Waals surface area (Å²) in [5.41, 5.74) is 3.38. The van der Waals surface area contributed by atoms with Gasteiger partial charge < -0.3 is 33.7 Å². The summed E-state index contributed by atoms with van der Waals surface area (Å²) in [6.45, 7) is 16.5. The maximum Gasteiger partial charge on any atom is 0.410 e. The standard InChI is InChI=1S/C35H45N3O6S/c1-8-25(22-41-7)28(29(9-2)36-33(39)31-19-32-30(16-18-45-32)38(31)10-3)23-43-27-13-11-26(12-14-27)42-21-24-15-17-37(20-24)34(40)44-35(4,5)6/h8-9,11-14,16,18-19,24H,1,10,15,17,20-23H2,2-7H3,(H,36,39)/b28-25+,29-9+/t24-/m1/s1. The third kappa shape index (κ3) is 8.79. The number of likely N-dealkylation sites (tertiary alicyclic amines) is 1. The van der Waals surface area contributed by atoms with Crippen LogP contribution >= 0.6 is 11.3 Å². The largest absolute Gasteiger partial charge is 0.493 e. The summed E-state index contributed by atoms with van der Waals surface area (Å²) < 4.78 is 26.2. The van der Waals surface area contributed by atoms with E-state index in [2.05, 4.69) is 11.9 Å². The number of hydrogen-bond acceptors (Lipinski definition) is 7. The molecule has 1 aromatic carbocycles. The van der Waals surface area contributed by atoms with E-state index in [0.717, 1.165) is 33.5 Å². The summed E-state index contributed by atoms with van der Waals surface area (Å²) in [6.07, 6.45) is 4.18. The van der Waals surface area contributed by atoms with Gasteiger partial charge >= 0.3 is 6.09 Å². The predicted octanol–water partition coefficient (Wildman–Crippen LogP) is 7.20. The van der Waals surface area contributed by atoms with Crippen molar-refractivity contribution in [1.29, 1.82) is 0 Å². The maximum absolute atomic E-state index is 13.5. The molecular weight excluding hydrogens is 590 g/mol. The van der Waals surface area contributed by atoms with E-state index in [4.69, 9.17) is 18.9 Å². The number of allylic oxidation sites excluding steroid dienone is 1. The van der Waals surface area contributed by atoms with E-state index < -0.39 is 5.60 Å². The maximum atomic E-state index is 13.5. The van der Waals surface area contributed by atoms with Gasteiger partial charge in [0, 0.05) is 43.9 Å². The number of methoxy groups -OCH3 is 1. The normalized spacial score (nSPS) is 16.0. The number of nitrogens with zero attached hydrogens (tertiary/aromatic N) is 2. The first-order valence-corrected chi connectivity index (χ1v) is 16.2. The Bertz CT molecular complexity index is 1540.